The Morgan fingerprint density at radius 2 is 2.17 bits per heavy atom. The van der Waals surface area contributed by atoms with Gasteiger partial charge < -0.3 is 10.4 Å². The second-order valence-electron chi connectivity index (χ2n) is 4.55. The smallest absolute Gasteiger partial charge is 0.320 e. The largest absolute Gasteiger partial charge is 0.480 e. The summed E-state index contributed by atoms with van der Waals surface area (Å²) in [5.74, 6) is -0.790. The van der Waals surface area contributed by atoms with Gasteiger partial charge in [-0.05, 0) is 36.6 Å². The Morgan fingerprint density at radius 1 is 1.44 bits per heavy atom. The molecule has 0 aliphatic heterocycles. The minimum Gasteiger partial charge on any atom is -0.480 e. The summed E-state index contributed by atoms with van der Waals surface area (Å²) in [4.78, 5) is 11.1. The second kappa shape index (κ2) is 7.39. The van der Waals surface area contributed by atoms with Crippen molar-refractivity contribution < 1.29 is 9.90 Å². The number of aryl methyl sites for hydroxylation is 1. The molecule has 0 saturated carbocycles. The molecule has 4 heteroatoms. The number of carboxylic acid groups (broad SMARTS) is 1. The van der Waals surface area contributed by atoms with E-state index >= 15 is 0 Å². The molecule has 0 aliphatic carbocycles. The van der Waals surface area contributed by atoms with Gasteiger partial charge in [-0.2, -0.15) is 0 Å². The summed E-state index contributed by atoms with van der Waals surface area (Å²) in [5, 5.41) is 12.9. The number of benzene rings is 1. The number of halogens is 1. The first kappa shape index (κ1) is 15.0. The van der Waals surface area contributed by atoms with Gasteiger partial charge in [-0.25, -0.2) is 0 Å². The van der Waals surface area contributed by atoms with Gasteiger partial charge in [0, 0.05) is 11.6 Å². The van der Waals surface area contributed by atoms with Crippen LogP contribution in [0.3, 0.4) is 0 Å². The minimum atomic E-state index is -0.790. The van der Waals surface area contributed by atoms with Crippen molar-refractivity contribution in [2.24, 2.45) is 0 Å². The molecular weight excluding hydrogens is 250 g/mol. The van der Waals surface area contributed by atoms with Gasteiger partial charge in [0.25, 0.3) is 0 Å². The van der Waals surface area contributed by atoms with E-state index in [0.717, 1.165) is 24.0 Å². The third kappa shape index (κ3) is 5.07. The molecule has 0 radical (unpaired) electrons. The van der Waals surface area contributed by atoms with E-state index in [9.17, 15) is 4.79 Å². The van der Waals surface area contributed by atoms with Gasteiger partial charge in [0.1, 0.15) is 6.04 Å². The molecule has 0 unspecified atom stereocenters. The standard InChI is InChI=1S/C14H20ClNO2/c1-3-4-5-13(14(17)18)16-9-11-6-10(2)7-12(15)8-11/h6-8,13,16H,3-5,9H2,1-2H3,(H,17,18)/t13-/m0/s1. The highest BCUT2D eigenvalue weighted by Gasteiger charge is 2.15. The lowest BCUT2D eigenvalue weighted by molar-refractivity contribution is -0.139. The normalized spacial score (nSPS) is 12.4. The van der Waals surface area contributed by atoms with Crippen molar-refractivity contribution in [3.8, 4) is 0 Å². The van der Waals surface area contributed by atoms with E-state index in [0.29, 0.717) is 18.0 Å². The average Bonchev–Trinajstić information content (AvgIpc) is 2.27. The number of unbranched alkanes of at least 4 members (excludes halogenated alkanes) is 1. The van der Waals surface area contributed by atoms with Gasteiger partial charge in [0.2, 0.25) is 0 Å². The van der Waals surface area contributed by atoms with Gasteiger partial charge in [0.05, 0.1) is 0 Å². The molecule has 0 amide bonds. The average molecular weight is 270 g/mol. The number of aliphatic carboxylic acids is 1. The SMILES string of the molecule is CCCC[C@H](NCc1cc(C)cc(Cl)c1)C(=O)O. The molecule has 0 bridgehead atoms. The van der Waals surface area contributed by atoms with Gasteiger partial charge in [0.15, 0.2) is 0 Å². The lowest BCUT2D eigenvalue weighted by Crippen LogP contribution is -2.36. The van der Waals surface area contributed by atoms with E-state index in [-0.39, 0.29) is 0 Å². The fourth-order valence-corrected chi connectivity index (χ4v) is 2.19. The van der Waals surface area contributed by atoms with E-state index in [1.165, 1.54) is 0 Å². The lowest BCUT2D eigenvalue weighted by Gasteiger charge is -2.14. The number of hydrogen-bond donors (Lipinski definition) is 2. The summed E-state index contributed by atoms with van der Waals surface area (Å²) < 4.78 is 0. The lowest BCUT2D eigenvalue weighted by atomic mass is 10.1. The second-order valence-corrected chi connectivity index (χ2v) is 4.99. The Balaban J connectivity index is 2.58. The fraction of sp³-hybridized carbons (Fsp3) is 0.500. The molecule has 0 heterocycles. The third-order valence-electron chi connectivity index (χ3n) is 2.80. The highest BCUT2D eigenvalue weighted by molar-refractivity contribution is 6.30. The summed E-state index contributed by atoms with van der Waals surface area (Å²) in [6, 6.07) is 5.28. The van der Waals surface area contributed by atoms with E-state index in [1.54, 1.807) is 0 Å². The van der Waals surface area contributed by atoms with Crippen molar-refractivity contribution in [3.63, 3.8) is 0 Å². The maximum absolute atomic E-state index is 11.1. The molecule has 0 aliphatic rings. The van der Waals surface area contributed by atoms with Crippen LogP contribution in [0.5, 0.6) is 0 Å². The van der Waals surface area contributed by atoms with Gasteiger partial charge in [-0.3, -0.25) is 4.79 Å². The molecule has 0 saturated heterocycles. The van der Waals surface area contributed by atoms with Crippen LogP contribution in [0.15, 0.2) is 18.2 Å². The van der Waals surface area contributed by atoms with Gasteiger partial charge >= 0.3 is 5.97 Å². The zero-order chi connectivity index (χ0) is 13.5. The van der Waals surface area contributed by atoms with Crippen LogP contribution in [0, 0.1) is 6.92 Å². The molecule has 0 fully saturated rings. The number of carboxylic acids is 1. The third-order valence-corrected chi connectivity index (χ3v) is 3.02. The fourth-order valence-electron chi connectivity index (χ4n) is 1.88. The Labute approximate surface area is 113 Å². The van der Waals surface area contributed by atoms with E-state index in [2.05, 4.69) is 12.2 Å². The molecule has 2 N–H and O–H groups in total. The van der Waals surface area contributed by atoms with Crippen molar-refractivity contribution in [2.75, 3.05) is 0 Å². The first-order valence-electron chi connectivity index (χ1n) is 6.25. The monoisotopic (exact) mass is 269 g/mol. The van der Waals surface area contributed by atoms with Crippen molar-refractivity contribution in [2.45, 2.75) is 45.7 Å². The first-order valence-corrected chi connectivity index (χ1v) is 6.63. The van der Waals surface area contributed by atoms with E-state index < -0.39 is 12.0 Å². The van der Waals surface area contributed by atoms with Crippen LogP contribution in [0.2, 0.25) is 5.02 Å². The molecule has 1 aromatic rings. The molecule has 1 rings (SSSR count). The van der Waals surface area contributed by atoms with Crippen LogP contribution in [0.4, 0.5) is 0 Å². The summed E-state index contributed by atoms with van der Waals surface area (Å²) in [6.07, 6.45) is 2.58. The van der Waals surface area contributed by atoms with E-state index in [4.69, 9.17) is 16.7 Å². The zero-order valence-corrected chi connectivity index (χ0v) is 11.6. The van der Waals surface area contributed by atoms with Crippen LogP contribution in [0.1, 0.15) is 37.3 Å². The maximum Gasteiger partial charge on any atom is 0.320 e. The Kier molecular flexibility index (Phi) is 6.16. The van der Waals surface area contributed by atoms with E-state index in [1.807, 2.05) is 25.1 Å². The quantitative estimate of drug-likeness (QED) is 0.798. The van der Waals surface area contributed by atoms with Crippen molar-refractivity contribution in [1.82, 2.24) is 5.32 Å². The van der Waals surface area contributed by atoms with Crippen LogP contribution in [0.25, 0.3) is 0 Å². The zero-order valence-electron chi connectivity index (χ0n) is 10.9. The maximum atomic E-state index is 11.1. The molecule has 0 spiro atoms. The minimum absolute atomic E-state index is 0.482. The Hall–Kier alpha value is -1.06. The predicted octanol–water partition coefficient (Wildman–Crippen LogP) is 3.38. The molecular formula is C14H20ClNO2. The Bertz CT molecular complexity index is 387. The first-order chi connectivity index (χ1) is 8.52. The van der Waals surface area contributed by atoms with Gasteiger partial charge in [-0.15, -0.1) is 0 Å². The molecule has 0 aromatic heterocycles. The van der Waals surface area contributed by atoms with Crippen LogP contribution in [-0.4, -0.2) is 17.1 Å². The number of hydrogen-bond acceptors (Lipinski definition) is 2. The highest BCUT2D eigenvalue weighted by atomic mass is 35.5. The van der Waals surface area contributed by atoms with Crippen molar-refractivity contribution in [1.29, 1.82) is 0 Å². The number of carbonyl (C=O) groups is 1. The molecule has 3 nitrogen and oxygen atoms in total. The predicted molar refractivity (Wildman–Crippen MR) is 74.0 cm³/mol. The summed E-state index contributed by atoms with van der Waals surface area (Å²) >= 11 is 5.97. The van der Waals surface area contributed by atoms with Crippen molar-refractivity contribution >= 4 is 17.6 Å². The molecule has 1 aromatic carbocycles. The molecule has 1 atom stereocenters. The Morgan fingerprint density at radius 3 is 2.72 bits per heavy atom. The van der Waals surface area contributed by atoms with Crippen LogP contribution >= 0.6 is 11.6 Å². The van der Waals surface area contributed by atoms with Crippen molar-refractivity contribution in [3.05, 3.63) is 34.3 Å². The number of rotatable bonds is 7. The summed E-state index contributed by atoms with van der Waals surface area (Å²) in [7, 11) is 0. The van der Waals surface area contributed by atoms with Crippen LogP contribution in [-0.2, 0) is 11.3 Å². The summed E-state index contributed by atoms with van der Waals surface area (Å²) in [5.41, 5.74) is 2.10. The van der Waals surface area contributed by atoms with Gasteiger partial charge in [-0.1, -0.05) is 37.4 Å². The van der Waals surface area contributed by atoms with Crippen LogP contribution < -0.4 is 5.32 Å². The molecule has 100 valence electrons. The molecule has 18 heavy (non-hydrogen) atoms. The summed E-state index contributed by atoms with van der Waals surface area (Å²) in [6.45, 7) is 4.56. The highest BCUT2D eigenvalue weighted by Crippen LogP contribution is 2.14. The number of nitrogens with one attached hydrogen (secondary N) is 1. The topological polar surface area (TPSA) is 49.3 Å².